The number of aliphatic hydroxyl groups is 1. The quantitative estimate of drug-likeness (QED) is 0.0290. The number of aliphatic hydroxyl groups excluding tert-OH is 1. The number of unbranched alkanes of at least 4 members (excludes halogenated alkanes) is 2. The molecule has 3 atom stereocenters. The number of hydrogen-bond acceptors (Lipinski definition) is 37. The van der Waals surface area contributed by atoms with Crippen LogP contribution in [-0.2, 0) is 171 Å². The van der Waals surface area contributed by atoms with Crippen molar-refractivity contribution in [1.82, 2.24) is 10.6 Å². The van der Waals surface area contributed by atoms with Gasteiger partial charge in [-0.05, 0) is 46.3 Å². The van der Waals surface area contributed by atoms with Crippen LogP contribution in [0, 0.1) is 0 Å². The summed E-state index contributed by atoms with van der Waals surface area (Å²) in [7, 11) is 11.4. The zero-order chi connectivity index (χ0) is 100. The molecule has 0 rings (SSSR count). The lowest BCUT2D eigenvalue weighted by atomic mass is 10.3. The van der Waals surface area contributed by atoms with Gasteiger partial charge in [0, 0.05) is 61.9 Å². The lowest BCUT2D eigenvalue weighted by Gasteiger charge is -2.19. The third-order valence-electron chi connectivity index (χ3n) is 13.6. The molecule has 0 aromatic rings. The van der Waals surface area contributed by atoms with Gasteiger partial charge < -0.3 is 177 Å². The molecular formula is C93H184N2O37. The van der Waals surface area contributed by atoms with Crippen molar-refractivity contribution >= 4 is 11.8 Å². The minimum Gasteiger partial charge on any atom is -0.505 e. The third kappa shape index (κ3) is 184. The maximum atomic E-state index is 11.0. The van der Waals surface area contributed by atoms with Gasteiger partial charge >= 0.3 is 0 Å². The molecule has 39 nitrogen and oxygen atoms in total. The molecule has 0 aliphatic heterocycles. The van der Waals surface area contributed by atoms with Crippen LogP contribution >= 0.6 is 0 Å². The lowest BCUT2D eigenvalue weighted by Crippen LogP contribution is -2.36. The van der Waals surface area contributed by atoms with E-state index in [0.717, 1.165) is 19.6 Å². The number of carbonyl (C=O) groups is 2. The Labute approximate surface area is 795 Å². The number of ether oxygens (including phenoxy) is 34. The van der Waals surface area contributed by atoms with Gasteiger partial charge in [0.05, 0.1) is 367 Å². The lowest BCUT2D eigenvalue weighted by molar-refractivity contribution is -0.118. The van der Waals surface area contributed by atoms with Crippen LogP contribution in [0.3, 0.4) is 0 Å². The maximum Gasteiger partial charge on any atom is 0.243 e. The molecule has 39 heteroatoms. The van der Waals surface area contributed by atoms with E-state index in [-0.39, 0.29) is 36.7 Å². The maximum absolute atomic E-state index is 11.0. The monoisotopic (exact) mass is 1920 g/mol. The Balaban J connectivity index is -0.000000163. The zero-order valence-electron chi connectivity index (χ0n) is 83.3. The van der Waals surface area contributed by atoms with Gasteiger partial charge in [-0.1, -0.05) is 85.6 Å². The average Bonchev–Trinajstić information content (AvgIpc) is 0.976. The smallest absolute Gasteiger partial charge is 0.243 e. The van der Waals surface area contributed by atoms with Crippen LogP contribution in [0.4, 0.5) is 0 Å². The van der Waals surface area contributed by atoms with Crippen LogP contribution in [0.15, 0.2) is 128 Å². The first-order chi connectivity index (χ1) is 64.6. The average molecular weight is 1920 g/mol. The molecule has 0 saturated carbocycles. The molecule has 0 aromatic carbocycles. The van der Waals surface area contributed by atoms with E-state index < -0.39 is 0 Å². The van der Waals surface area contributed by atoms with Crippen molar-refractivity contribution in [3.63, 3.8) is 0 Å². The summed E-state index contributed by atoms with van der Waals surface area (Å²) in [5, 5.41) is 13.4. The van der Waals surface area contributed by atoms with Crippen molar-refractivity contribution in [1.29, 1.82) is 0 Å². The van der Waals surface area contributed by atoms with Crippen molar-refractivity contribution in [3.8, 4) is 0 Å². The molecule has 0 aliphatic carbocycles. The van der Waals surface area contributed by atoms with Gasteiger partial charge in [-0.15, -0.1) is 0 Å². The van der Waals surface area contributed by atoms with Gasteiger partial charge in [-0.25, -0.2) is 0 Å². The van der Waals surface area contributed by atoms with Gasteiger partial charge in [0.15, 0.2) is 0 Å². The van der Waals surface area contributed by atoms with Crippen molar-refractivity contribution in [2.75, 3.05) is 400 Å². The number of carbonyl (C=O) groups excluding carboxylic acids is 2. The van der Waals surface area contributed by atoms with Crippen molar-refractivity contribution < 1.29 is 176 Å². The molecule has 0 saturated heterocycles. The SMILES string of the molecule is C=CC(=O)NC(C)COC(C)COC(C)COC.C=CC(=O)NCCOCCOCCCCC.C=COC.C=COCC.C=COCCO.C=COCCOC.C=COCCOCCOC.C=COCCOCCOCCOCCOCCOC.C=COCCOCCOCCOCCOCCOCCOC.C=COCCOCCOCCOCCOCCOCCOCCOC. The molecule has 3 unspecified atom stereocenters. The predicted octanol–water partition coefficient (Wildman–Crippen LogP) is 8.96. The Morgan fingerprint density at radius 2 is 0.492 bits per heavy atom. The van der Waals surface area contributed by atoms with Gasteiger partial charge in [0.1, 0.15) is 39.6 Å². The number of hydrogen-bond donors (Lipinski definition) is 3. The molecule has 0 heterocycles. The third-order valence-corrected chi connectivity index (χ3v) is 13.6. The van der Waals surface area contributed by atoms with E-state index in [9.17, 15) is 9.59 Å². The molecule has 0 spiro atoms. The van der Waals surface area contributed by atoms with Gasteiger partial charge in [0.2, 0.25) is 11.8 Å². The van der Waals surface area contributed by atoms with Crippen molar-refractivity contribution in [2.45, 2.75) is 72.1 Å². The highest BCUT2D eigenvalue weighted by atomic mass is 16.6. The second-order valence-electron chi connectivity index (χ2n) is 24.5. The highest BCUT2D eigenvalue weighted by molar-refractivity contribution is 5.87. The molecule has 0 fully saturated rings. The summed E-state index contributed by atoms with van der Waals surface area (Å²) < 4.78 is 173. The Morgan fingerprint density at radius 1 is 0.265 bits per heavy atom. The van der Waals surface area contributed by atoms with Gasteiger partial charge in [0.25, 0.3) is 0 Å². The van der Waals surface area contributed by atoms with E-state index in [0.29, 0.717) is 330 Å². The summed E-state index contributed by atoms with van der Waals surface area (Å²) >= 11 is 0. The Hall–Kier alpha value is -6.34. The molecule has 0 aromatic heterocycles. The van der Waals surface area contributed by atoms with Crippen LogP contribution < -0.4 is 10.6 Å². The first kappa shape index (κ1) is 146. The number of rotatable bonds is 95. The van der Waals surface area contributed by atoms with E-state index in [1.807, 2.05) is 27.7 Å². The summed E-state index contributed by atoms with van der Waals surface area (Å²) in [6.07, 6.45) is 17.2. The molecule has 0 bridgehead atoms. The Bertz CT molecular complexity index is 2150. The zero-order valence-corrected chi connectivity index (χ0v) is 83.3. The first-order valence-corrected chi connectivity index (χ1v) is 44.3. The van der Waals surface area contributed by atoms with E-state index in [1.165, 1.54) is 75.1 Å². The molecule has 788 valence electrons. The number of amides is 2. The highest BCUT2D eigenvalue weighted by Gasteiger charge is 2.11. The van der Waals surface area contributed by atoms with E-state index >= 15 is 0 Å². The largest absolute Gasteiger partial charge is 0.505 e. The van der Waals surface area contributed by atoms with Gasteiger partial charge in [-0.3, -0.25) is 9.59 Å². The fourth-order valence-electron chi connectivity index (χ4n) is 7.22. The van der Waals surface area contributed by atoms with E-state index in [2.05, 4.69) is 102 Å². The number of nitrogens with one attached hydrogen (secondary N) is 2. The first-order valence-electron chi connectivity index (χ1n) is 44.3. The molecule has 3 N–H and O–H groups in total. The standard InChI is InChI=1S/C17H34O8.C15H30O7.C13H25NO4.C13H26O6.C12H23NO3.C7H14O3.C5H10O2.C4H8O2.C4H8O.C3H6O/c1-3-19-6-7-21-10-11-23-14-15-25-17-16-24-13-12-22-9-8-20-5-4-18-2;1-3-17-6-7-19-10-11-21-14-15-22-13-12-20-9-8-18-5-4-16-2;1-6-13(15)14-10(2)7-17-12(4)9-18-11(3)8-16-5;1-3-15-6-7-17-10-11-19-13-12-18-9-8-16-5-4-14-2;1-3-5-6-8-15-10-11-16-9-7-13-12(14)4-2;1-3-9-6-7-10-5-4-8-2;1-3-7-5-4-6-2;1-2-6-4-3-5;1-3-5-4-2;1-3-4-2/h3H,1,4-17H2,2H3;3H,1,4-15H2,2H3;6,10-12H,1,7-9H2,2-5H3,(H,14,15);3H,1,4-13H2,2H3;4H,2-3,5-11H2,1H3,(H,13,14);3H,1,4-7H2,2H3;3H,1,4-5H2,2H3;2,5H,1,3-4H2;3H,1,4H2,2H3;3H,1H2,2H3. The molecular weight excluding hydrogens is 1740 g/mol. The van der Waals surface area contributed by atoms with E-state index in [1.54, 1.807) is 49.8 Å². The van der Waals surface area contributed by atoms with Crippen LogP contribution in [0.5, 0.6) is 0 Å². The topological polar surface area (TPSA) is 392 Å². The highest BCUT2D eigenvalue weighted by Crippen LogP contribution is 2.00. The molecule has 0 radical (unpaired) electrons. The molecule has 132 heavy (non-hydrogen) atoms. The minimum atomic E-state index is -0.191. The second kappa shape index (κ2) is 156. The Kier molecular flexibility index (Phi) is 172. The van der Waals surface area contributed by atoms with Crippen LogP contribution in [0.1, 0.15) is 53.9 Å². The minimum absolute atomic E-state index is 0.0209. The van der Waals surface area contributed by atoms with Crippen molar-refractivity contribution in [2.24, 2.45) is 0 Å². The summed E-state index contributed by atoms with van der Waals surface area (Å²) in [6, 6.07) is -0.0469. The normalized spacial score (nSPS) is 10.6. The fourth-order valence-corrected chi connectivity index (χ4v) is 7.22. The van der Waals surface area contributed by atoms with E-state index in [4.69, 9.17) is 147 Å². The Morgan fingerprint density at radius 3 is 0.712 bits per heavy atom. The van der Waals surface area contributed by atoms with Gasteiger partial charge in [-0.2, -0.15) is 0 Å². The summed E-state index contributed by atoms with van der Waals surface area (Å²) in [4.78, 5) is 21.8. The van der Waals surface area contributed by atoms with Crippen molar-refractivity contribution in [3.05, 3.63) is 128 Å². The predicted molar refractivity (Wildman–Crippen MR) is 510 cm³/mol. The van der Waals surface area contributed by atoms with Crippen LogP contribution in [0.2, 0.25) is 0 Å². The summed E-state index contributed by atoms with van der Waals surface area (Å²) in [6.45, 7) is 72.9. The van der Waals surface area contributed by atoms with Crippen LogP contribution in [0.25, 0.3) is 0 Å². The second-order valence-corrected chi connectivity index (χ2v) is 24.5. The molecule has 0 aliphatic rings. The fraction of sp³-hybridized carbons (Fsp3) is 0.763. The summed E-state index contributed by atoms with van der Waals surface area (Å²) in [5.41, 5.74) is 0. The summed E-state index contributed by atoms with van der Waals surface area (Å²) in [5.74, 6) is -0.358. The molecule has 2 amide bonds. The number of methoxy groups -OCH3 is 7. The van der Waals surface area contributed by atoms with Crippen LogP contribution in [-0.4, -0.2) is 435 Å².